The number of rotatable bonds is 20. The first-order valence-corrected chi connectivity index (χ1v) is 17.1. The largest absolute Gasteiger partial charge is 0.494 e. The van der Waals surface area contributed by atoms with Crippen LogP contribution in [0, 0.1) is 23.2 Å². The summed E-state index contributed by atoms with van der Waals surface area (Å²) in [5.41, 5.74) is 2.01. The molecule has 0 spiro atoms. The van der Waals surface area contributed by atoms with Gasteiger partial charge in [-0.2, -0.15) is 5.26 Å². The first-order chi connectivity index (χ1) is 20.6. The SMILES string of the molecule is CCCCCCCCCCCOc1ccc(C(=O)Oc2ccc(CCC3CCC(CCCCC)CC3)cc2C#N)cc1. The molecular formula is C38H55NO3. The number of unbranched alkanes of at least 4 members (excludes halogenated alkanes) is 10. The number of ether oxygens (including phenoxy) is 2. The fraction of sp³-hybridized carbons (Fsp3) is 0.632. The summed E-state index contributed by atoms with van der Waals surface area (Å²) in [6.07, 6.45) is 24.6. The molecule has 0 radical (unpaired) electrons. The maximum atomic E-state index is 12.8. The Hall–Kier alpha value is -2.80. The summed E-state index contributed by atoms with van der Waals surface area (Å²) in [6, 6.07) is 15.0. The zero-order valence-electron chi connectivity index (χ0n) is 26.5. The molecule has 0 bridgehead atoms. The topological polar surface area (TPSA) is 59.3 Å². The molecule has 1 fully saturated rings. The number of hydrogen-bond acceptors (Lipinski definition) is 4. The van der Waals surface area contributed by atoms with E-state index in [0.29, 0.717) is 23.5 Å². The van der Waals surface area contributed by atoms with Crippen LogP contribution in [0.4, 0.5) is 0 Å². The molecule has 0 saturated heterocycles. The molecule has 0 amide bonds. The van der Waals surface area contributed by atoms with Crippen molar-refractivity contribution in [3.05, 3.63) is 59.2 Å². The van der Waals surface area contributed by atoms with Crippen LogP contribution in [-0.4, -0.2) is 12.6 Å². The number of esters is 1. The highest BCUT2D eigenvalue weighted by molar-refractivity contribution is 5.91. The van der Waals surface area contributed by atoms with Gasteiger partial charge in [0.05, 0.1) is 17.7 Å². The number of carbonyl (C=O) groups is 1. The zero-order chi connectivity index (χ0) is 29.8. The smallest absolute Gasteiger partial charge is 0.343 e. The molecule has 0 atom stereocenters. The molecule has 230 valence electrons. The monoisotopic (exact) mass is 573 g/mol. The van der Waals surface area contributed by atoms with Crippen molar-refractivity contribution in [2.45, 2.75) is 136 Å². The van der Waals surface area contributed by atoms with Gasteiger partial charge in [-0.25, -0.2) is 4.79 Å². The molecule has 0 unspecified atom stereocenters. The Morgan fingerprint density at radius 3 is 2.00 bits per heavy atom. The van der Waals surface area contributed by atoms with Crippen molar-refractivity contribution in [2.75, 3.05) is 6.61 Å². The first kappa shape index (κ1) is 33.7. The highest BCUT2D eigenvalue weighted by Crippen LogP contribution is 2.34. The fourth-order valence-corrected chi connectivity index (χ4v) is 6.22. The average Bonchev–Trinajstić information content (AvgIpc) is 3.02. The van der Waals surface area contributed by atoms with Crippen molar-refractivity contribution < 1.29 is 14.3 Å². The summed E-state index contributed by atoms with van der Waals surface area (Å²) >= 11 is 0. The molecule has 0 aromatic heterocycles. The lowest BCUT2D eigenvalue weighted by molar-refractivity contribution is 0.0734. The van der Waals surface area contributed by atoms with E-state index in [1.165, 1.54) is 109 Å². The van der Waals surface area contributed by atoms with Gasteiger partial charge in [-0.3, -0.25) is 0 Å². The molecule has 4 heteroatoms. The second-order valence-corrected chi connectivity index (χ2v) is 12.5. The Kier molecular flexibility index (Phi) is 16.2. The molecule has 1 aliphatic rings. The van der Waals surface area contributed by atoms with Gasteiger partial charge < -0.3 is 9.47 Å². The molecule has 2 aromatic carbocycles. The highest BCUT2D eigenvalue weighted by atomic mass is 16.5. The minimum Gasteiger partial charge on any atom is -0.494 e. The predicted molar refractivity (Wildman–Crippen MR) is 173 cm³/mol. The van der Waals surface area contributed by atoms with Crippen molar-refractivity contribution in [1.82, 2.24) is 0 Å². The number of hydrogen-bond donors (Lipinski definition) is 0. The van der Waals surface area contributed by atoms with E-state index >= 15 is 0 Å². The minimum atomic E-state index is -0.458. The lowest BCUT2D eigenvalue weighted by atomic mass is 9.78. The van der Waals surface area contributed by atoms with E-state index in [2.05, 4.69) is 19.9 Å². The standard InChI is InChI=1S/C38H55NO3/c1-3-5-7-8-9-10-11-12-14-28-41-36-25-23-34(24-26-36)38(40)42-37-27-22-33(29-35(37)30-39)21-20-32-18-16-31(17-19-32)15-13-6-4-2/h22-27,29,31-32H,3-21,28H2,1-2H3. The van der Waals surface area contributed by atoms with Gasteiger partial charge in [-0.05, 0) is 73.1 Å². The quantitative estimate of drug-likeness (QED) is 0.0898. The van der Waals surface area contributed by atoms with E-state index in [0.717, 1.165) is 36.0 Å². The van der Waals surface area contributed by atoms with Gasteiger partial charge in [0.2, 0.25) is 0 Å². The van der Waals surface area contributed by atoms with E-state index in [1.54, 1.807) is 18.2 Å². The van der Waals surface area contributed by atoms with Crippen LogP contribution in [0.5, 0.6) is 11.5 Å². The van der Waals surface area contributed by atoms with Gasteiger partial charge in [0.25, 0.3) is 0 Å². The van der Waals surface area contributed by atoms with E-state index in [9.17, 15) is 10.1 Å². The second-order valence-electron chi connectivity index (χ2n) is 12.5. The minimum absolute atomic E-state index is 0.324. The summed E-state index contributed by atoms with van der Waals surface area (Å²) < 4.78 is 11.5. The fourth-order valence-electron chi connectivity index (χ4n) is 6.22. The van der Waals surface area contributed by atoms with E-state index in [-0.39, 0.29) is 0 Å². The molecule has 1 saturated carbocycles. The molecule has 3 rings (SSSR count). The van der Waals surface area contributed by atoms with Crippen LogP contribution in [0.15, 0.2) is 42.5 Å². The van der Waals surface area contributed by atoms with Crippen LogP contribution in [0.1, 0.15) is 151 Å². The maximum absolute atomic E-state index is 12.8. The number of nitriles is 1. The molecule has 0 heterocycles. The van der Waals surface area contributed by atoms with Gasteiger partial charge in [0.15, 0.2) is 0 Å². The normalized spacial score (nSPS) is 16.6. The van der Waals surface area contributed by atoms with Gasteiger partial charge in [0, 0.05) is 0 Å². The van der Waals surface area contributed by atoms with Crippen LogP contribution >= 0.6 is 0 Å². The molecule has 2 aromatic rings. The van der Waals surface area contributed by atoms with Crippen LogP contribution in [0.3, 0.4) is 0 Å². The predicted octanol–water partition coefficient (Wildman–Crippen LogP) is 11.0. The molecule has 0 aliphatic heterocycles. The summed E-state index contributed by atoms with van der Waals surface area (Å²) in [5, 5.41) is 9.73. The summed E-state index contributed by atoms with van der Waals surface area (Å²) in [5.74, 6) is 2.34. The second kappa shape index (κ2) is 20.2. The zero-order valence-corrected chi connectivity index (χ0v) is 26.5. The van der Waals surface area contributed by atoms with Crippen molar-refractivity contribution >= 4 is 5.97 Å². The van der Waals surface area contributed by atoms with Gasteiger partial charge >= 0.3 is 5.97 Å². The Morgan fingerprint density at radius 2 is 1.36 bits per heavy atom. The summed E-state index contributed by atoms with van der Waals surface area (Å²) in [4.78, 5) is 12.8. The highest BCUT2D eigenvalue weighted by Gasteiger charge is 2.21. The van der Waals surface area contributed by atoms with E-state index < -0.39 is 5.97 Å². The Balaban J connectivity index is 1.36. The molecule has 1 aliphatic carbocycles. The average molecular weight is 574 g/mol. The summed E-state index contributed by atoms with van der Waals surface area (Å²) in [7, 11) is 0. The van der Waals surface area contributed by atoms with Gasteiger partial charge in [-0.1, -0.05) is 123 Å². The van der Waals surface area contributed by atoms with Crippen LogP contribution in [0.25, 0.3) is 0 Å². The van der Waals surface area contributed by atoms with E-state index in [4.69, 9.17) is 9.47 Å². The number of aryl methyl sites for hydroxylation is 1. The lowest BCUT2D eigenvalue weighted by Gasteiger charge is -2.28. The third-order valence-electron chi connectivity index (χ3n) is 9.00. The molecule has 42 heavy (non-hydrogen) atoms. The van der Waals surface area contributed by atoms with E-state index in [1.807, 2.05) is 24.3 Å². The molecular weight excluding hydrogens is 518 g/mol. The van der Waals surface area contributed by atoms with Crippen LogP contribution < -0.4 is 9.47 Å². The van der Waals surface area contributed by atoms with Gasteiger partial charge in [0.1, 0.15) is 17.6 Å². The van der Waals surface area contributed by atoms with Crippen LogP contribution in [0.2, 0.25) is 0 Å². The van der Waals surface area contributed by atoms with Crippen LogP contribution in [-0.2, 0) is 6.42 Å². The molecule has 0 N–H and O–H groups in total. The Bertz CT molecular complexity index is 1060. The number of carbonyl (C=O) groups excluding carboxylic acids is 1. The third-order valence-corrected chi connectivity index (χ3v) is 9.00. The van der Waals surface area contributed by atoms with Crippen molar-refractivity contribution in [2.24, 2.45) is 11.8 Å². The number of nitrogens with zero attached hydrogens (tertiary/aromatic N) is 1. The van der Waals surface area contributed by atoms with Crippen molar-refractivity contribution in [3.63, 3.8) is 0 Å². The number of benzene rings is 2. The summed E-state index contributed by atoms with van der Waals surface area (Å²) in [6.45, 7) is 5.22. The Labute approximate surface area is 256 Å². The van der Waals surface area contributed by atoms with Crippen molar-refractivity contribution in [3.8, 4) is 17.6 Å². The first-order valence-electron chi connectivity index (χ1n) is 17.1. The molecule has 4 nitrogen and oxygen atoms in total. The Morgan fingerprint density at radius 1 is 0.762 bits per heavy atom. The maximum Gasteiger partial charge on any atom is 0.343 e. The lowest BCUT2D eigenvalue weighted by Crippen LogP contribution is -2.15. The van der Waals surface area contributed by atoms with Crippen molar-refractivity contribution in [1.29, 1.82) is 5.26 Å². The third kappa shape index (κ3) is 12.6. The van der Waals surface area contributed by atoms with Gasteiger partial charge in [-0.15, -0.1) is 0 Å².